The number of nitrogens with zero attached hydrogens (tertiary/aromatic N) is 2. The number of ether oxygens (including phenoxy) is 2. The molecule has 122 valence electrons. The minimum atomic E-state index is -1.73. The van der Waals surface area contributed by atoms with Crippen LogP contribution in [0.3, 0.4) is 0 Å². The van der Waals surface area contributed by atoms with Gasteiger partial charge in [0.25, 0.3) is 0 Å². The fraction of sp³-hybridized carbons (Fsp3) is 0.500. The predicted octanol–water partition coefficient (Wildman–Crippen LogP) is 2.95. The Bertz CT molecular complexity index is 542. The molecule has 7 nitrogen and oxygen atoms in total. The molecular formula is C14H19ClN2O5. The van der Waals surface area contributed by atoms with Gasteiger partial charge in [0, 0.05) is 36.8 Å². The van der Waals surface area contributed by atoms with E-state index in [1.807, 2.05) is 0 Å². The molecular weight excluding hydrogens is 312 g/mol. The lowest BCUT2D eigenvalue weighted by atomic mass is 10.3. The van der Waals surface area contributed by atoms with Crippen molar-refractivity contribution in [2.24, 2.45) is 0 Å². The molecule has 1 heterocycles. The highest BCUT2D eigenvalue weighted by molar-refractivity contribution is 6.31. The number of hydrogen-bond donors (Lipinski definition) is 1. The Morgan fingerprint density at radius 3 is 2.55 bits per heavy atom. The number of aliphatic hydroxyl groups is 1. The number of carbonyl (C=O) groups is 2. The summed E-state index contributed by atoms with van der Waals surface area (Å²) in [5.41, 5.74) is 0.442. The average Bonchev–Trinajstić information content (AvgIpc) is 2.34. The van der Waals surface area contributed by atoms with E-state index in [1.54, 1.807) is 13.8 Å². The van der Waals surface area contributed by atoms with Crippen LogP contribution >= 0.6 is 11.6 Å². The van der Waals surface area contributed by atoms with E-state index >= 15 is 0 Å². The summed E-state index contributed by atoms with van der Waals surface area (Å²) < 4.78 is 9.79. The molecule has 0 bridgehead atoms. The molecule has 22 heavy (non-hydrogen) atoms. The minimum Gasteiger partial charge on any atom is -0.446 e. The average molecular weight is 331 g/mol. The van der Waals surface area contributed by atoms with Gasteiger partial charge in [-0.3, -0.25) is 4.98 Å². The maximum absolute atomic E-state index is 12.1. The van der Waals surface area contributed by atoms with Crippen molar-refractivity contribution in [3.63, 3.8) is 0 Å². The zero-order valence-electron chi connectivity index (χ0n) is 12.9. The van der Waals surface area contributed by atoms with E-state index in [2.05, 4.69) is 4.98 Å². The number of carbonyl (C=O) groups excluding carboxylic acids is 2. The van der Waals surface area contributed by atoms with Crippen LogP contribution in [-0.4, -0.2) is 39.1 Å². The molecule has 1 rings (SSSR count). The van der Waals surface area contributed by atoms with Crippen LogP contribution in [0.4, 0.5) is 9.59 Å². The summed E-state index contributed by atoms with van der Waals surface area (Å²) in [4.78, 5) is 28.7. The normalized spacial score (nSPS) is 11.2. The molecule has 0 spiro atoms. The maximum atomic E-state index is 12.1. The molecule has 0 radical (unpaired) electrons. The van der Waals surface area contributed by atoms with E-state index in [-0.39, 0.29) is 6.54 Å². The van der Waals surface area contributed by atoms with Crippen molar-refractivity contribution in [2.75, 3.05) is 0 Å². The molecule has 0 aliphatic carbocycles. The molecule has 0 aliphatic heterocycles. The third-order valence-corrected chi connectivity index (χ3v) is 2.66. The van der Waals surface area contributed by atoms with Crippen LogP contribution < -0.4 is 0 Å². The van der Waals surface area contributed by atoms with Crippen LogP contribution in [0.5, 0.6) is 0 Å². The highest BCUT2D eigenvalue weighted by Crippen LogP contribution is 2.18. The van der Waals surface area contributed by atoms with Gasteiger partial charge in [-0.25, -0.2) is 14.5 Å². The summed E-state index contributed by atoms with van der Waals surface area (Å²) in [6.07, 6.45) is 0.546. The molecule has 0 aromatic carbocycles. The number of pyridine rings is 1. The van der Waals surface area contributed by atoms with Gasteiger partial charge in [-0.05, 0) is 19.9 Å². The zero-order chi connectivity index (χ0) is 16.9. The molecule has 0 fully saturated rings. The van der Waals surface area contributed by atoms with Crippen LogP contribution in [0.2, 0.25) is 5.02 Å². The molecule has 1 N–H and O–H groups in total. The molecule has 0 saturated carbocycles. The molecule has 0 aliphatic rings. The lowest BCUT2D eigenvalue weighted by molar-refractivity contribution is -0.138. The second-order valence-corrected chi connectivity index (χ2v) is 5.71. The van der Waals surface area contributed by atoms with Gasteiger partial charge in [0.05, 0.1) is 12.6 Å². The van der Waals surface area contributed by atoms with Crippen molar-refractivity contribution in [2.45, 2.75) is 46.1 Å². The largest absolute Gasteiger partial charge is 0.446 e. The third kappa shape index (κ3) is 5.87. The van der Waals surface area contributed by atoms with Crippen LogP contribution in [0, 0.1) is 0 Å². The van der Waals surface area contributed by atoms with Crippen molar-refractivity contribution >= 4 is 23.8 Å². The fourth-order valence-corrected chi connectivity index (χ4v) is 1.60. The van der Waals surface area contributed by atoms with E-state index in [0.29, 0.717) is 15.5 Å². The third-order valence-electron chi connectivity index (χ3n) is 2.29. The van der Waals surface area contributed by atoms with Gasteiger partial charge in [-0.15, -0.1) is 0 Å². The van der Waals surface area contributed by atoms with E-state index in [0.717, 1.165) is 0 Å². The second-order valence-electron chi connectivity index (χ2n) is 5.30. The summed E-state index contributed by atoms with van der Waals surface area (Å²) in [6.45, 7) is 5.65. The van der Waals surface area contributed by atoms with Crippen molar-refractivity contribution in [3.05, 3.63) is 29.0 Å². The molecule has 8 heteroatoms. The Kier molecular flexibility index (Phi) is 6.13. The SMILES string of the molecule is CC(C)OC(=O)N(Cc1cnccc1Cl)C(=O)OC(C)(C)O. The fourth-order valence-electron chi connectivity index (χ4n) is 1.43. The molecule has 0 unspecified atom stereocenters. The molecule has 0 saturated heterocycles. The first-order chi connectivity index (χ1) is 10.1. The highest BCUT2D eigenvalue weighted by atomic mass is 35.5. The summed E-state index contributed by atoms with van der Waals surface area (Å²) in [7, 11) is 0. The quantitative estimate of drug-likeness (QED) is 0.854. The predicted molar refractivity (Wildman–Crippen MR) is 79.2 cm³/mol. The van der Waals surface area contributed by atoms with E-state index in [1.165, 1.54) is 32.3 Å². The minimum absolute atomic E-state index is 0.187. The van der Waals surface area contributed by atoms with Crippen LogP contribution in [-0.2, 0) is 16.0 Å². The zero-order valence-corrected chi connectivity index (χ0v) is 13.6. The first-order valence-electron chi connectivity index (χ1n) is 6.62. The topological polar surface area (TPSA) is 89.0 Å². The Morgan fingerprint density at radius 2 is 2.05 bits per heavy atom. The molecule has 0 atom stereocenters. The first-order valence-corrected chi connectivity index (χ1v) is 7.00. The number of aromatic nitrogens is 1. The number of hydrogen-bond acceptors (Lipinski definition) is 6. The van der Waals surface area contributed by atoms with Gasteiger partial charge in [0.2, 0.25) is 5.79 Å². The van der Waals surface area contributed by atoms with Gasteiger partial charge < -0.3 is 14.6 Å². The van der Waals surface area contributed by atoms with Gasteiger partial charge >= 0.3 is 12.2 Å². The number of rotatable bonds is 4. The van der Waals surface area contributed by atoms with E-state index in [9.17, 15) is 14.7 Å². The van der Waals surface area contributed by atoms with Gasteiger partial charge in [0.15, 0.2) is 0 Å². The summed E-state index contributed by atoms with van der Waals surface area (Å²) in [5, 5.41) is 9.90. The molecule has 1 aromatic heterocycles. The van der Waals surface area contributed by atoms with E-state index in [4.69, 9.17) is 21.1 Å². The van der Waals surface area contributed by atoms with Gasteiger partial charge in [0.1, 0.15) is 0 Å². The van der Waals surface area contributed by atoms with Crippen molar-refractivity contribution in [3.8, 4) is 0 Å². The van der Waals surface area contributed by atoms with Crippen molar-refractivity contribution < 1.29 is 24.2 Å². The van der Waals surface area contributed by atoms with Gasteiger partial charge in [-0.2, -0.15) is 0 Å². The summed E-state index contributed by atoms with van der Waals surface area (Å²) in [5.74, 6) is -1.73. The number of amides is 2. The van der Waals surface area contributed by atoms with Crippen LogP contribution in [0.25, 0.3) is 0 Å². The molecule has 1 aromatic rings. The summed E-state index contributed by atoms with van der Waals surface area (Å²) in [6, 6.07) is 1.53. The lowest BCUT2D eigenvalue weighted by Gasteiger charge is -2.25. The molecule has 2 amide bonds. The Labute approximate surface area is 133 Å². The monoisotopic (exact) mass is 330 g/mol. The van der Waals surface area contributed by atoms with Gasteiger partial charge in [-0.1, -0.05) is 11.6 Å². The Hall–Kier alpha value is -1.86. The Balaban J connectivity index is 2.98. The summed E-state index contributed by atoms with van der Waals surface area (Å²) >= 11 is 6.00. The lowest BCUT2D eigenvalue weighted by Crippen LogP contribution is -2.42. The van der Waals surface area contributed by atoms with Crippen molar-refractivity contribution in [1.82, 2.24) is 9.88 Å². The maximum Gasteiger partial charge on any atom is 0.422 e. The first kappa shape index (κ1) is 18.2. The number of imide groups is 1. The number of halogens is 1. The second kappa shape index (κ2) is 7.42. The van der Waals surface area contributed by atoms with Crippen LogP contribution in [0.15, 0.2) is 18.5 Å². The highest BCUT2D eigenvalue weighted by Gasteiger charge is 2.30. The standard InChI is InChI=1S/C14H19ClN2O5/c1-9(2)21-12(18)17(13(19)22-14(3,4)20)8-10-7-16-6-5-11(10)15/h5-7,9,20H,8H2,1-4H3. The Morgan fingerprint density at radius 1 is 1.41 bits per heavy atom. The van der Waals surface area contributed by atoms with Crippen LogP contribution in [0.1, 0.15) is 33.3 Å². The van der Waals surface area contributed by atoms with E-state index < -0.39 is 24.1 Å². The van der Waals surface area contributed by atoms with Crippen molar-refractivity contribution in [1.29, 1.82) is 0 Å². The smallest absolute Gasteiger partial charge is 0.422 e.